The van der Waals surface area contributed by atoms with Gasteiger partial charge in [-0.1, -0.05) is 47.7 Å². The van der Waals surface area contributed by atoms with Crippen LogP contribution in [0.5, 0.6) is 5.75 Å². The summed E-state index contributed by atoms with van der Waals surface area (Å²) in [6, 6.07) is 14.9. The van der Waals surface area contributed by atoms with Crippen molar-refractivity contribution >= 4 is 45.5 Å². The zero-order chi connectivity index (χ0) is 23.8. The number of carbonyl (C=O) groups excluding carboxylic acids is 1. The van der Waals surface area contributed by atoms with E-state index in [2.05, 4.69) is 4.99 Å². The maximum Gasteiger partial charge on any atom is 0.338 e. The number of ether oxygens (including phenoxy) is 2. The number of carbonyl (C=O) groups is 1. The van der Waals surface area contributed by atoms with Gasteiger partial charge in [0.05, 0.1) is 35.6 Å². The Morgan fingerprint density at radius 2 is 1.94 bits per heavy atom. The lowest BCUT2D eigenvalue weighted by Gasteiger charge is -2.26. The van der Waals surface area contributed by atoms with Gasteiger partial charge < -0.3 is 9.47 Å². The molecule has 5 rings (SSSR count). The lowest BCUT2D eigenvalue weighted by Crippen LogP contribution is -2.40. The molecule has 8 heteroatoms. The molecule has 1 atom stereocenters. The van der Waals surface area contributed by atoms with E-state index in [0.29, 0.717) is 20.6 Å². The van der Waals surface area contributed by atoms with E-state index in [9.17, 15) is 9.59 Å². The second-order valence-corrected chi connectivity index (χ2v) is 9.71. The van der Waals surface area contributed by atoms with E-state index >= 15 is 0 Å². The third kappa shape index (κ3) is 3.69. The first kappa shape index (κ1) is 22.3. The van der Waals surface area contributed by atoms with Crippen molar-refractivity contribution in [3.63, 3.8) is 0 Å². The third-order valence-corrected chi connectivity index (χ3v) is 7.57. The fourth-order valence-electron chi connectivity index (χ4n) is 4.30. The highest BCUT2D eigenvalue weighted by atomic mass is 32.1. The summed E-state index contributed by atoms with van der Waals surface area (Å²) in [5, 5.41) is 3.77. The molecule has 2 aromatic carbocycles. The molecule has 0 fully saturated rings. The Hall–Kier alpha value is -3.49. The van der Waals surface area contributed by atoms with Crippen molar-refractivity contribution in [3.8, 4) is 5.75 Å². The number of methoxy groups -OCH3 is 1. The topological polar surface area (TPSA) is 69.9 Å². The van der Waals surface area contributed by atoms with Crippen LogP contribution in [0.15, 0.2) is 75.0 Å². The van der Waals surface area contributed by atoms with Gasteiger partial charge in [-0.05, 0) is 48.4 Å². The maximum absolute atomic E-state index is 13.7. The third-order valence-electron chi connectivity index (χ3n) is 5.77. The zero-order valence-electron chi connectivity index (χ0n) is 18.9. The first-order valence-corrected chi connectivity index (χ1v) is 12.5. The molecule has 0 saturated heterocycles. The maximum atomic E-state index is 13.7. The Balaban J connectivity index is 1.83. The van der Waals surface area contributed by atoms with Crippen LogP contribution in [0.2, 0.25) is 0 Å². The predicted octanol–water partition coefficient (Wildman–Crippen LogP) is 4.02. The predicted molar refractivity (Wildman–Crippen MR) is 135 cm³/mol. The second kappa shape index (κ2) is 9.04. The molecule has 2 aromatic heterocycles. The summed E-state index contributed by atoms with van der Waals surface area (Å²) < 4.78 is 13.2. The number of nitrogens with zero attached hydrogens (tertiary/aromatic N) is 2. The largest absolute Gasteiger partial charge is 0.496 e. The van der Waals surface area contributed by atoms with Crippen molar-refractivity contribution in [2.24, 2.45) is 4.99 Å². The molecule has 0 N–H and O–H groups in total. The number of rotatable bonds is 5. The van der Waals surface area contributed by atoms with Crippen LogP contribution in [0.25, 0.3) is 16.8 Å². The van der Waals surface area contributed by atoms with Crippen molar-refractivity contribution in [1.82, 2.24) is 4.57 Å². The second-order valence-electron chi connectivity index (χ2n) is 7.72. The lowest BCUT2D eigenvalue weighted by molar-refractivity contribution is -0.139. The number of benzene rings is 2. The number of thiophene rings is 1. The first-order chi connectivity index (χ1) is 16.5. The van der Waals surface area contributed by atoms with E-state index in [1.54, 1.807) is 36.9 Å². The summed E-state index contributed by atoms with van der Waals surface area (Å²) in [6.07, 6.45) is 1.88. The summed E-state index contributed by atoms with van der Waals surface area (Å²) >= 11 is 2.89. The molecule has 172 valence electrons. The van der Waals surface area contributed by atoms with Crippen molar-refractivity contribution < 1.29 is 14.3 Å². The summed E-state index contributed by atoms with van der Waals surface area (Å²) in [4.78, 5) is 33.0. The summed E-state index contributed by atoms with van der Waals surface area (Å²) in [5.41, 5.74) is 1.55. The van der Waals surface area contributed by atoms with Crippen LogP contribution in [0.3, 0.4) is 0 Å². The molecule has 0 bridgehead atoms. The Labute approximate surface area is 203 Å². The average Bonchev–Trinajstić information content (AvgIpc) is 3.45. The Bertz CT molecular complexity index is 1610. The fraction of sp³-hybridized carbons (Fsp3) is 0.192. The summed E-state index contributed by atoms with van der Waals surface area (Å²) in [5.74, 6) is 0.254. The van der Waals surface area contributed by atoms with Crippen molar-refractivity contribution in [2.75, 3.05) is 13.7 Å². The average molecular weight is 491 g/mol. The van der Waals surface area contributed by atoms with Gasteiger partial charge in [0.15, 0.2) is 4.80 Å². The number of fused-ring (bicyclic) bond motifs is 2. The van der Waals surface area contributed by atoms with Gasteiger partial charge in [-0.2, -0.15) is 0 Å². The summed E-state index contributed by atoms with van der Waals surface area (Å²) in [7, 11) is 1.63. The molecule has 0 saturated carbocycles. The van der Waals surface area contributed by atoms with Crippen LogP contribution in [-0.4, -0.2) is 24.3 Å². The molecule has 0 spiro atoms. The number of allylic oxidation sites excluding steroid dienone is 1. The quantitative estimate of drug-likeness (QED) is 0.396. The molecule has 0 radical (unpaired) electrons. The van der Waals surface area contributed by atoms with E-state index in [0.717, 1.165) is 27.0 Å². The fourth-order valence-corrected chi connectivity index (χ4v) is 6.07. The van der Waals surface area contributed by atoms with Gasteiger partial charge in [0.2, 0.25) is 0 Å². The van der Waals surface area contributed by atoms with E-state index < -0.39 is 12.0 Å². The number of aromatic nitrogens is 1. The Morgan fingerprint density at radius 3 is 2.65 bits per heavy atom. The Morgan fingerprint density at radius 1 is 1.15 bits per heavy atom. The monoisotopic (exact) mass is 490 g/mol. The van der Waals surface area contributed by atoms with Crippen molar-refractivity contribution in [3.05, 3.63) is 95.3 Å². The molecule has 0 aliphatic carbocycles. The minimum atomic E-state index is -0.670. The highest BCUT2D eigenvalue weighted by molar-refractivity contribution is 7.11. The minimum Gasteiger partial charge on any atom is -0.496 e. The van der Waals surface area contributed by atoms with Gasteiger partial charge in [-0.25, -0.2) is 9.79 Å². The zero-order valence-corrected chi connectivity index (χ0v) is 20.5. The smallest absolute Gasteiger partial charge is 0.338 e. The van der Waals surface area contributed by atoms with Crippen LogP contribution >= 0.6 is 22.7 Å². The molecule has 0 amide bonds. The van der Waals surface area contributed by atoms with Gasteiger partial charge in [0.25, 0.3) is 5.56 Å². The highest BCUT2D eigenvalue weighted by Gasteiger charge is 2.34. The van der Waals surface area contributed by atoms with E-state index in [4.69, 9.17) is 9.47 Å². The molecule has 3 heterocycles. The first-order valence-electron chi connectivity index (χ1n) is 10.8. The number of hydrogen-bond acceptors (Lipinski definition) is 7. The highest BCUT2D eigenvalue weighted by Crippen LogP contribution is 2.37. The van der Waals surface area contributed by atoms with Crippen LogP contribution in [0.1, 0.15) is 30.3 Å². The molecule has 4 aromatic rings. The minimum absolute atomic E-state index is 0.184. The molecule has 6 nitrogen and oxygen atoms in total. The molecule has 1 aliphatic heterocycles. The summed E-state index contributed by atoms with van der Waals surface area (Å²) in [6.45, 7) is 3.79. The molecular formula is C26H22N2O4S2. The SMILES string of the molecule is CCOC(=O)C1=C(C)N=c2sc(=Cc3cccs3)c(=O)n2[C@H]1c1ccc(OC)c2ccccc12. The van der Waals surface area contributed by atoms with E-state index in [-0.39, 0.29) is 12.2 Å². The van der Waals surface area contributed by atoms with Crippen LogP contribution in [-0.2, 0) is 9.53 Å². The Kier molecular flexibility index (Phi) is 5.93. The number of hydrogen-bond donors (Lipinski definition) is 0. The lowest BCUT2D eigenvalue weighted by atomic mass is 9.91. The van der Waals surface area contributed by atoms with Gasteiger partial charge in [0.1, 0.15) is 5.75 Å². The molecule has 34 heavy (non-hydrogen) atoms. The van der Waals surface area contributed by atoms with E-state index in [1.807, 2.05) is 60.0 Å². The van der Waals surface area contributed by atoms with Crippen molar-refractivity contribution in [2.45, 2.75) is 19.9 Å². The molecule has 0 unspecified atom stereocenters. The van der Waals surface area contributed by atoms with Gasteiger partial charge >= 0.3 is 5.97 Å². The van der Waals surface area contributed by atoms with Gasteiger partial charge in [-0.3, -0.25) is 9.36 Å². The van der Waals surface area contributed by atoms with Crippen molar-refractivity contribution in [1.29, 1.82) is 0 Å². The van der Waals surface area contributed by atoms with E-state index in [1.165, 1.54) is 11.3 Å². The normalized spacial score (nSPS) is 15.9. The van der Waals surface area contributed by atoms with Crippen LogP contribution in [0.4, 0.5) is 0 Å². The number of esters is 1. The molecular weight excluding hydrogens is 468 g/mol. The standard InChI is InChI=1S/C26H22N2O4S2/c1-4-32-25(30)22-15(2)27-26-28(24(29)21(34-26)14-16-8-7-13-33-16)23(22)19-11-12-20(31-3)18-10-6-5-9-17(18)19/h5-14,23H,4H2,1-3H3/t23-/m0/s1. The number of thiazole rings is 1. The van der Waals surface area contributed by atoms with Gasteiger partial charge in [-0.15, -0.1) is 11.3 Å². The van der Waals surface area contributed by atoms with Crippen LogP contribution < -0.4 is 19.6 Å². The molecule has 1 aliphatic rings. The van der Waals surface area contributed by atoms with Crippen LogP contribution in [0, 0.1) is 0 Å². The van der Waals surface area contributed by atoms with Gasteiger partial charge in [0, 0.05) is 10.3 Å².